The lowest BCUT2D eigenvalue weighted by Crippen LogP contribution is -2.33. The number of carbonyl (C=O) groups excluding carboxylic acids is 1. The van der Waals surface area contributed by atoms with Gasteiger partial charge in [-0.05, 0) is 36.2 Å². The minimum absolute atomic E-state index is 0.299. The van der Waals surface area contributed by atoms with Crippen molar-refractivity contribution in [3.05, 3.63) is 60.2 Å². The van der Waals surface area contributed by atoms with Gasteiger partial charge in [0.1, 0.15) is 5.75 Å². The zero-order chi connectivity index (χ0) is 17.5. The molecule has 0 aliphatic heterocycles. The Bertz CT molecular complexity index is 682. The lowest BCUT2D eigenvalue weighted by atomic mass is 9.87. The summed E-state index contributed by atoms with van der Waals surface area (Å²) in [6.45, 7) is 1.56. The highest BCUT2D eigenvalue weighted by atomic mass is 16.5. The maximum absolute atomic E-state index is 12.6. The number of ether oxygens (including phenoxy) is 1. The van der Waals surface area contributed by atoms with Gasteiger partial charge in [-0.1, -0.05) is 37.3 Å². The third kappa shape index (κ3) is 4.59. The number of para-hydroxylation sites is 1. The number of carboxylic acid groups (broad SMARTS) is 1. The van der Waals surface area contributed by atoms with Crippen molar-refractivity contribution in [1.29, 1.82) is 0 Å². The first kappa shape index (κ1) is 17.5. The molecule has 5 heteroatoms. The molecule has 5 nitrogen and oxygen atoms in total. The van der Waals surface area contributed by atoms with E-state index in [0.29, 0.717) is 12.1 Å². The number of nitrogens with one attached hydrogen (secondary N) is 1. The molecular weight excluding hydrogens is 306 g/mol. The van der Waals surface area contributed by atoms with Crippen LogP contribution >= 0.6 is 0 Å². The largest absolute Gasteiger partial charge is 0.497 e. The molecule has 0 aromatic heterocycles. The van der Waals surface area contributed by atoms with Crippen LogP contribution in [0.15, 0.2) is 54.6 Å². The number of carbonyl (C=O) groups is 2. The van der Waals surface area contributed by atoms with Crippen LogP contribution in [0, 0.1) is 11.8 Å². The quantitative estimate of drug-likeness (QED) is 0.819. The van der Waals surface area contributed by atoms with Gasteiger partial charge in [-0.2, -0.15) is 0 Å². The molecule has 0 aliphatic rings. The molecule has 1 amide bonds. The Hall–Kier alpha value is -2.82. The van der Waals surface area contributed by atoms with Gasteiger partial charge >= 0.3 is 5.97 Å². The van der Waals surface area contributed by atoms with E-state index < -0.39 is 17.8 Å². The number of benzene rings is 2. The van der Waals surface area contributed by atoms with Crippen molar-refractivity contribution >= 4 is 17.6 Å². The molecule has 0 bridgehead atoms. The van der Waals surface area contributed by atoms with Gasteiger partial charge in [0.05, 0.1) is 18.9 Å². The van der Waals surface area contributed by atoms with Crippen molar-refractivity contribution < 1.29 is 19.4 Å². The van der Waals surface area contributed by atoms with Crippen LogP contribution in [0.25, 0.3) is 0 Å². The molecule has 126 valence electrons. The minimum Gasteiger partial charge on any atom is -0.497 e. The second-order valence-corrected chi connectivity index (χ2v) is 5.64. The van der Waals surface area contributed by atoms with Gasteiger partial charge in [0, 0.05) is 5.69 Å². The summed E-state index contributed by atoms with van der Waals surface area (Å²) >= 11 is 0. The number of aliphatic carboxylic acids is 1. The fourth-order valence-corrected chi connectivity index (χ4v) is 2.44. The van der Waals surface area contributed by atoms with E-state index in [1.807, 2.05) is 30.3 Å². The van der Waals surface area contributed by atoms with Crippen LogP contribution < -0.4 is 10.1 Å². The van der Waals surface area contributed by atoms with E-state index in [4.69, 9.17) is 4.74 Å². The van der Waals surface area contributed by atoms with Crippen LogP contribution in [0.5, 0.6) is 5.75 Å². The van der Waals surface area contributed by atoms with E-state index in [1.165, 1.54) is 0 Å². The second-order valence-electron chi connectivity index (χ2n) is 5.64. The number of carboxylic acids is 1. The van der Waals surface area contributed by atoms with E-state index in [1.54, 1.807) is 38.3 Å². The van der Waals surface area contributed by atoms with Crippen molar-refractivity contribution in [2.24, 2.45) is 11.8 Å². The van der Waals surface area contributed by atoms with E-state index in [-0.39, 0.29) is 5.91 Å². The summed E-state index contributed by atoms with van der Waals surface area (Å²) in [5.41, 5.74) is 1.54. The Morgan fingerprint density at radius 3 is 2.25 bits per heavy atom. The molecule has 2 rings (SSSR count). The molecule has 2 atom stereocenters. The number of hydrogen-bond donors (Lipinski definition) is 2. The molecule has 0 spiro atoms. The fourth-order valence-electron chi connectivity index (χ4n) is 2.44. The minimum atomic E-state index is -0.989. The molecule has 2 N–H and O–H groups in total. The Labute approximate surface area is 141 Å². The van der Waals surface area contributed by atoms with Crippen LogP contribution in [-0.2, 0) is 16.0 Å². The van der Waals surface area contributed by atoms with Gasteiger partial charge in [0.25, 0.3) is 0 Å². The third-order valence-electron chi connectivity index (χ3n) is 3.99. The van der Waals surface area contributed by atoms with Gasteiger partial charge in [-0.25, -0.2) is 0 Å². The number of rotatable bonds is 7. The highest BCUT2D eigenvalue weighted by molar-refractivity contribution is 5.95. The van der Waals surface area contributed by atoms with Crippen molar-refractivity contribution in [2.75, 3.05) is 12.4 Å². The number of amides is 1. The average Bonchev–Trinajstić information content (AvgIpc) is 2.60. The Morgan fingerprint density at radius 2 is 1.71 bits per heavy atom. The summed E-state index contributed by atoms with van der Waals surface area (Å²) < 4.78 is 5.11. The molecule has 0 fully saturated rings. The summed E-state index contributed by atoms with van der Waals surface area (Å²) in [5.74, 6) is -2.04. The molecule has 0 unspecified atom stereocenters. The first-order valence-electron chi connectivity index (χ1n) is 7.73. The van der Waals surface area contributed by atoms with Crippen LogP contribution in [0.1, 0.15) is 12.5 Å². The average molecular weight is 327 g/mol. The molecule has 0 radical (unpaired) electrons. The first-order valence-corrected chi connectivity index (χ1v) is 7.73. The summed E-state index contributed by atoms with van der Waals surface area (Å²) in [6, 6.07) is 16.3. The maximum Gasteiger partial charge on any atom is 0.307 e. The second kappa shape index (κ2) is 8.15. The zero-order valence-electron chi connectivity index (χ0n) is 13.7. The number of anilines is 1. The first-order chi connectivity index (χ1) is 11.5. The SMILES string of the molecule is COc1ccc(C[C@@H](C(=O)Nc2ccccc2)[C@H](C)C(=O)O)cc1. The van der Waals surface area contributed by atoms with E-state index in [0.717, 1.165) is 11.3 Å². The summed E-state index contributed by atoms with van der Waals surface area (Å²) in [4.78, 5) is 24.0. The van der Waals surface area contributed by atoms with Gasteiger partial charge < -0.3 is 15.2 Å². The maximum atomic E-state index is 12.6. The highest BCUT2D eigenvalue weighted by Gasteiger charge is 2.30. The Kier molecular flexibility index (Phi) is 5.95. The lowest BCUT2D eigenvalue weighted by molar-refractivity contribution is -0.145. The van der Waals surface area contributed by atoms with Gasteiger partial charge in [-0.15, -0.1) is 0 Å². The predicted molar refractivity (Wildman–Crippen MR) is 92.1 cm³/mol. The smallest absolute Gasteiger partial charge is 0.307 e. The van der Waals surface area contributed by atoms with Crippen molar-refractivity contribution in [3.63, 3.8) is 0 Å². The molecule has 2 aromatic carbocycles. The Morgan fingerprint density at radius 1 is 1.08 bits per heavy atom. The van der Waals surface area contributed by atoms with Crippen LogP contribution in [0.2, 0.25) is 0 Å². The van der Waals surface area contributed by atoms with Crippen molar-refractivity contribution in [3.8, 4) is 5.75 Å². The molecule has 0 heterocycles. The summed E-state index contributed by atoms with van der Waals surface area (Å²) in [6.07, 6.45) is 0.343. The molecular formula is C19H21NO4. The highest BCUT2D eigenvalue weighted by Crippen LogP contribution is 2.22. The topological polar surface area (TPSA) is 75.6 Å². The predicted octanol–water partition coefficient (Wildman–Crippen LogP) is 3.21. The van der Waals surface area contributed by atoms with Crippen LogP contribution in [0.4, 0.5) is 5.69 Å². The van der Waals surface area contributed by atoms with Gasteiger partial charge in [0.2, 0.25) is 5.91 Å². The monoisotopic (exact) mass is 327 g/mol. The standard InChI is InChI=1S/C19H21NO4/c1-13(19(22)23)17(12-14-8-10-16(24-2)11-9-14)18(21)20-15-6-4-3-5-7-15/h3-11,13,17H,12H2,1-2H3,(H,20,21)(H,22,23)/t13-,17+/m0/s1. The van der Waals surface area contributed by atoms with Crippen molar-refractivity contribution in [2.45, 2.75) is 13.3 Å². The normalized spacial score (nSPS) is 12.9. The zero-order valence-corrected chi connectivity index (χ0v) is 13.7. The van der Waals surface area contributed by atoms with Crippen LogP contribution in [-0.4, -0.2) is 24.1 Å². The number of methoxy groups -OCH3 is 1. The molecule has 0 saturated carbocycles. The van der Waals surface area contributed by atoms with Crippen molar-refractivity contribution in [1.82, 2.24) is 0 Å². The number of hydrogen-bond acceptors (Lipinski definition) is 3. The third-order valence-corrected chi connectivity index (χ3v) is 3.99. The van der Waals surface area contributed by atoms with E-state index in [2.05, 4.69) is 5.32 Å². The molecule has 0 aliphatic carbocycles. The van der Waals surface area contributed by atoms with Gasteiger partial charge in [-0.3, -0.25) is 9.59 Å². The van der Waals surface area contributed by atoms with Gasteiger partial charge in [0.15, 0.2) is 0 Å². The fraction of sp³-hybridized carbons (Fsp3) is 0.263. The lowest BCUT2D eigenvalue weighted by Gasteiger charge is -2.20. The molecule has 2 aromatic rings. The van der Waals surface area contributed by atoms with E-state index in [9.17, 15) is 14.7 Å². The summed E-state index contributed by atoms with van der Waals surface area (Å²) in [5, 5.41) is 12.1. The Balaban J connectivity index is 2.17. The molecule has 24 heavy (non-hydrogen) atoms. The molecule has 0 saturated heterocycles. The summed E-state index contributed by atoms with van der Waals surface area (Å²) in [7, 11) is 1.58. The van der Waals surface area contributed by atoms with E-state index >= 15 is 0 Å². The van der Waals surface area contributed by atoms with Crippen LogP contribution in [0.3, 0.4) is 0 Å².